The molecule has 0 rings (SSSR count). The van der Waals surface area contributed by atoms with Gasteiger partial charge in [0.05, 0.1) is 13.2 Å². The largest absolute Gasteiger partial charge is 0.459 e. The van der Waals surface area contributed by atoms with E-state index < -0.39 is 11.9 Å². The first kappa shape index (κ1) is 13.9. The normalized spacial score (nSPS) is 10.2. The molecule has 0 spiro atoms. The molecule has 0 radical (unpaired) electrons. The number of hydrogen-bond acceptors (Lipinski definition) is 4. The summed E-state index contributed by atoms with van der Waals surface area (Å²) in [6.07, 6.45) is 0. The molecule has 15 heavy (non-hydrogen) atoms. The monoisotopic (exact) mass is 217 g/mol. The van der Waals surface area contributed by atoms with E-state index in [1.807, 2.05) is 13.8 Å². The summed E-state index contributed by atoms with van der Waals surface area (Å²) in [5.74, 6) is -1.41. The second-order valence-corrected chi connectivity index (χ2v) is 3.31. The minimum Gasteiger partial charge on any atom is -0.459 e. The Labute approximate surface area is 90.3 Å². The maximum absolute atomic E-state index is 11.6. The van der Waals surface area contributed by atoms with Gasteiger partial charge in [-0.15, -0.1) is 0 Å². The molecule has 0 aromatic heterocycles. The first-order valence-electron chi connectivity index (χ1n) is 5.01. The second-order valence-electron chi connectivity index (χ2n) is 3.31. The number of carbonyl (C=O) groups excluding carboxylic acids is 2. The maximum Gasteiger partial charge on any atom is 0.397 e. The van der Waals surface area contributed by atoms with Crippen LogP contribution >= 0.6 is 0 Å². The highest BCUT2D eigenvalue weighted by Gasteiger charge is 2.24. The third-order valence-corrected chi connectivity index (χ3v) is 1.87. The van der Waals surface area contributed by atoms with Crippen LogP contribution in [0.3, 0.4) is 0 Å². The van der Waals surface area contributed by atoms with E-state index in [0.29, 0.717) is 13.2 Å². The molecule has 0 aliphatic carbocycles. The Morgan fingerprint density at radius 1 is 1.33 bits per heavy atom. The molecule has 0 saturated carbocycles. The van der Waals surface area contributed by atoms with Crippen LogP contribution in [0.15, 0.2) is 0 Å². The zero-order valence-corrected chi connectivity index (χ0v) is 9.78. The Morgan fingerprint density at radius 2 is 1.93 bits per heavy atom. The summed E-state index contributed by atoms with van der Waals surface area (Å²) in [5, 5.41) is 0. The maximum atomic E-state index is 11.6. The standard InChI is InChI=1S/C10H19NO4/c1-5-15-10(13)9(12)11(8(2)3)6-7-14-4/h8H,5-7H2,1-4H3. The minimum atomic E-state index is -0.803. The van der Waals surface area contributed by atoms with E-state index in [-0.39, 0.29) is 12.6 Å². The molecule has 0 aliphatic heterocycles. The lowest BCUT2D eigenvalue weighted by atomic mass is 10.3. The van der Waals surface area contributed by atoms with Gasteiger partial charge >= 0.3 is 11.9 Å². The molecule has 0 heterocycles. The van der Waals surface area contributed by atoms with Gasteiger partial charge in [-0.05, 0) is 20.8 Å². The molecule has 0 saturated heterocycles. The summed E-state index contributed by atoms with van der Waals surface area (Å²) < 4.78 is 9.51. The lowest BCUT2D eigenvalue weighted by Gasteiger charge is -2.25. The fourth-order valence-corrected chi connectivity index (χ4v) is 1.09. The van der Waals surface area contributed by atoms with Crippen LogP contribution in [0.4, 0.5) is 0 Å². The van der Waals surface area contributed by atoms with Crippen molar-refractivity contribution in [1.29, 1.82) is 0 Å². The summed E-state index contributed by atoms with van der Waals surface area (Å²) in [6, 6.07) is -0.0444. The molecule has 0 bridgehead atoms. The van der Waals surface area contributed by atoms with Crippen LogP contribution in [0.2, 0.25) is 0 Å². The number of methoxy groups -OCH3 is 1. The number of rotatable bonds is 5. The van der Waals surface area contributed by atoms with Crippen LogP contribution in [0.5, 0.6) is 0 Å². The predicted octanol–water partition coefficient (Wildman–Crippen LogP) is 0.433. The molecule has 0 aromatic carbocycles. The summed E-state index contributed by atoms with van der Waals surface area (Å²) in [4.78, 5) is 24.2. The summed E-state index contributed by atoms with van der Waals surface area (Å²) in [7, 11) is 1.55. The Balaban J connectivity index is 4.34. The van der Waals surface area contributed by atoms with E-state index in [9.17, 15) is 9.59 Å². The van der Waals surface area contributed by atoms with E-state index in [4.69, 9.17) is 4.74 Å². The molecule has 5 nitrogen and oxygen atoms in total. The molecule has 1 amide bonds. The quantitative estimate of drug-likeness (QED) is 0.495. The molecular formula is C10H19NO4. The van der Waals surface area contributed by atoms with Crippen LogP contribution in [0.1, 0.15) is 20.8 Å². The van der Waals surface area contributed by atoms with Gasteiger partial charge < -0.3 is 14.4 Å². The first-order valence-corrected chi connectivity index (χ1v) is 5.01. The minimum absolute atomic E-state index is 0.0444. The fourth-order valence-electron chi connectivity index (χ4n) is 1.09. The van der Waals surface area contributed by atoms with Crippen molar-refractivity contribution in [3.05, 3.63) is 0 Å². The van der Waals surface area contributed by atoms with E-state index in [2.05, 4.69) is 4.74 Å². The molecule has 5 heteroatoms. The van der Waals surface area contributed by atoms with Gasteiger partial charge in [-0.3, -0.25) is 4.79 Å². The van der Waals surface area contributed by atoms with Gasteiger partial charge in [-0.2, -0.15) is 0 Å². The van der Waals surface area contributed by atoms with Gasteiger partial charge in [-0.1, -0.05) is 0 Å². The number of esters is 1. The Bertz CT molecular complexity index is 215. The highest BCUT2D eigenvalue weighted by molar-refractivity contribution is 6.32. The topological polar surface area (TPSA) is 55.8 Å². The highest BCUT2D eigenvalue weighted by Crippen LogP contribution is 2.00. The Morgan fingerprint density at radius 3 is 2.33 bits per heavy atom. The molecular weight excluding hydrogens is 198 g/mol. The van der Waals surface area contributed by atoms with Crippen molar-refractivity contribution >= 4 is 11.9 Å². The second kappa shape index (κ2) is 7.23. The van der Waals surface area contributed by atoms with Crippen molar-refractivity contribution in [3.8, 4) is 0 Å². The number of amides is 1. The van der Waals surface area contributed by atoms with Gasteiger partial charge in [-0.25, -0.2) is 4.79 Å². The third-order valence-electron chi connectivity index (χ3n) is 1.87. The molecule has 0 atom stereocenters. The third kappa shape index (κ3) is 4.78. The molecule has 0 aliphatic rings. The van der Waals surface area contributed by atoms with Crippen molar-refractivity contribution < 1.29 is 19.1 Å². The van der Waals surface area contributed by atoms with Gasteiger partial charge in [0.15, 0.2) is 0 Å². The van der Waals surface area contributed by atoms with Gasteiger partial charge in [0.25, 0.3) is 0 Å². The molecule has 88 valence electrons. The fraction of sp³-hybridized carbons (Fsp3) is 0.800. The van der Waals surface area contributed by atoms with E-state index in [1.165, 1.54) is 4.90 Å². The average molecular weight is 217 g/mol. The smallest absolute Gasteiger partial charge is 0.397 e. The van der Waals surface area contributed by atoms with Crippen molar-refractivity contribution in [3.63, 3.8) is 0 Å². The number of carbonyl (C=O) groups is 2. The van der Waals surface area contributed by atoms with Crippen molar-refractivity contribution in [1.82, 2.24) is 4.90 Å². The van der Waals surface area contributed by atoms with Gasteiger partial charge in [0.2, 0.25) is 0 Å². The summed E-state index contributed by atoms with van der Waals surface area (Å²) >= 11 is 0. The van der Waals surface area contributed by atoms with Gasteiger partial charge in [0, 0.05) is 19.7 Å². The lowest BCUT2D eigenvalue weighted by Crippen LogP contribution is -2.43. The van der Waals surface area contributed by atoms with Crippen molar-refractivity contribution in [2.24, 2.45) is 0 Å². The van der Waals surface area contributed by atoms with Crippen LogP contribution in [0.25, 0.3) is 0 Å². The van der Waals surface area contributed by atoms with Gasteiger partial charge in [0.1, 0.15) is 0 Å². The zero-order chi connectivity index (χ0) is 11.8. The molecule has 0 N–H and O–H groups in total. The Kier molecular flexibility index (Phi) is 6.70. The average Bonchev–Trinajstić information content (AvgIpc) is 2.18. The van der Waals surface area contributed by atoms with Crippen LogP contribution in [0, 0.1) is 0 Å². The first-order chi connectivity index (χ1) is 7.04. The SMILES string of the molecule is CCOC(=O)C(=O)N(CCOC)C(C)C. The highest BCUT2D eigenvalue weighted by atomic mass is 16.5. The Hall–Kier alpha value is -1.10. The lowest BCUT2D eigenvalue weighted by molar-refractivity contribution is -0.161. The van der Waals surface area contributed by atoms with E-state index in [1.54, 1.807) is 14.0 Å². The number of nitrogens with zero attached hydrogens (tertiary/aromatic N) is 1. The van der Waals surface area contributed by atoms with E-state index in [0.717, 1.165) is 0 Å². The number of hydrogen-bond donors (Lipinski definition) is 0. The number of ether oxygens (including phenoxy) is 2. The molecule has 0 aromatic rings. The molecule has 0 fully saturated rings. The predicted molar refractivity (Wildman–Crippen MR) is 55.4 cm³/mol. The van der Waals surface area contributed by atoms with Crippen molar-refractivity contribution in [2.45, 2.75) is 26.8 Å². The summed E-state index contributed by atoms with van der Waals surface area (Å²) in [6.45, 7) is 6.36. The van der Waals surface area contributed by atoms with Crippen LogP contribution in [-0.2, 0) is 19.1 Å². The zero-order valence-electron chi connectivity index (χ0n) is 9.78. The summed E-state index contributed by atoms with van der Waals surface area (Å²) in [5.41, 5.74) is 0. The van der Waals surface area contributed by atoms with Crippen LogP contribution in [-0.4, -0.2) is 49.7 Å². The van der Waals surface area contributed by atoms with E-state index >= 15 is 0 Å². The van der Waals surface area contributed by atoms with Crippen LogP contribution < -0.4 is 0 Å². The molecule has 0 unspecified atom stereocenters. The van der Waals surface area contributed by atoms with Crippen molar-refractivity contribution in [2.75, 3.05) is 26.9 Å².